The van der Waals surface area contributed by atoms with Gasteiger partial charge < -0.3 is 19.4 Å². The van der Waals surface area contributed by atoms with Crippen LogP contribution < -0.4 is 10.6 Å². The van der Waals surface area contributed by atoms with E-state index in [1.807, 2.05) is 25.7 Å². The first-order valence-electron chi connectivity index (χ1n) is 14.6. The summed E-state index contributed by atoms with van der Waals surface area (Å²) in [6, 6.07) is 6.85. The Morgan fingerprint density at radius 1 is 1.09 bits per heavy atom. The van der Waals surface area contributed by atoms with E-state index in [0.29, 0.717) is 61.4 Å². The number of hydrogen-bond acceptors (Lipinski definition) is 7. The maximum Gasteiger partial charge on any atom is 0.416 e. The van der Waals surface area contributed by atoms with Crippen LogP contribution in [0.2, 0.25) is 0 Å². The molecule has 5 rings (SSSR count). The molecule has 13 heteroatoms. The normalized spacial score (nSPS) is 21.2. The van der Waals surface area contributed by atoms with Crippen molar-refractivity contribution >= 4 is 28.6 Å². The number of likely N-dealkylation sites (tertiary alicyclic amines) is 1. The van der Waals surface area contributed by atoms with Crippen molar-refractivity contribution in [2.24, 2.45) is 7.05 Å². The van der Waals surface area contributed by atoms with Gasteiger partial charge in [-0.1, -0.05) is 32.6 Å². The second-order valence-electron chi connectivity index (χ2n) is 11.8. The lowest BCUT2D eigenvalue weighted by Gasteiger charge is -2.52. The Morgan fingerprint density at radius 2 is 1.75 bits per heavy atom. The number of nitrogens with zero attached hydrogens (tertiary/aromatic N) is 7. The molecule has 0 radical (unpaired) electrons. The average Bonchev–Trinajstić information content (AvgIpc) is 3.00. The van der Waals surface area contributed by atoms with Crippen molar-refractivity contribution in [3.05, 3.63) is 69.4 Å². The molecule has 0 aliphatic carbocycles. The van der Waals surface area contributed by atoms with Crippen LogP contribution in [0.25, 0.3) is 15.9 Å². The van der Waals surface area contributed by atoms with Gasteiger partial charge >= 0.3 is 11.9 Å². The first-order valence-corrected chi connectivity index (χ1v) is 14.6. The number of rotatable bonds is 7. The van der Waals surface area contributed by atoms with Crippen LogP contribution in [0.5, 0.6) is 0 Å². The summed E-state index contributed by atoms with van der Waals surface area (Å²) in [5.74, 6) is 0.375. The lowest BCUT2D eigenvalue weighted by atomic mass is 9.91. The molecule has 2 aliphatic rings. The zero-order valence-corrected chi connectivity index (χ0v) is 25.4. The van der Waals surface area contributed by atoms with Crippen LogP contribution in [0, 0.1) is 6.57 Å². The van der Waals surface area contributed by atoms with Gasteiger partial charge in [-0.05, 0) is 49.6 Å². The van der Waals surface area contributed by atoms with Gasteiger partial charge in [-0.25, -0.2) is 4.79 Å². The number of halogens is 3. The topological polar surface area (TPSA) is 88.2 Å². The molecule has 0 bridgehead atoms. The van der Waals surface area contributed by atoms with E-state index in [0.717, 1.165) is 12.1 Å². The molecule has 3 atom stereocenters. The third-order valence-corrected chi connectivity index (χ3v) is 8.96. The van der Waals surface area contributed by atoms with Crippen molar-refractivity contribution in [3.63, 3.8) is 0 Å². The highest BCUT2D eigenvalue weighted by Gasteiger charge is 2.47. The van der Waals surface area contributed by atoms with Crippen molar-refractivity contribution in [3.8, 4) is 0 Å². The number of anilines is 1. The van der Waals surface area contributed by atoms with Gasteiger partial charge in [-0.3, -0.25) is 14.3 Å². The molecule has 0 saturated carbocycles. The van der Waals surface area contributed by atoms with Gasteiger partial charge in [-0.2, -0.15) is 18.2 Å². The molecule has 2 aromatic heterocycles. The molecule has 2 saturated heterocycles. The van der Waals surface area contributed by atoms with Crippen molar-refractivity contribution in [1.29, 1.82) is 0 Å². The van der Waals surface area contributed by atoms with Crippen LogP contribution >= 0.6 is 0 Å². The minimum absolute atomic E-state index is 0.184. The van der Waals surface area contributed by atoms with Gasteiger partial charge in [0.2, 0.25) is 11.4 Å². The molecule has 3 aromatic rings. The Kier molecular flexibility index (Phi) is 8.43. The Bertz CT molecular complexity index is 1640. The zero-order valence-electron chi connectivity index (χ0n) is 25.4. The van der Waals surface area contributed by atoms with Gasteiger partial charge in [0, 0.05) is 39.3 Å². The molecular formula is C31H36F3N7O3. The van der Waals surface area contributed by atoms with Gasteiger partial charge in [0.25, 0.3) is 5.82 Å². The molecule has 4 heterocycles. The third kappa shape index (κ3) is 5.64. The molecular weight excluding hydrogens is 575 g/mol. The molecule has 10 nitrogen and oxygen atoms in total. The minimum Gasteiger partial charge on any atom is -0.375 e. The number of methoxy groups -OCH3 is 1. The first-order chi connectivity index (χ1) is 20.8. The van der Waals surface area contributed by atoms with Gasteiger partial charge in [-0.15, -0.1) is 4.98 Å². The molecule has 0 spiro atoms. The summed E-state index contributed by atoms with van der Waals surface area (Å²) in [5, 5.41) is 0. The smallest absolute Gasteiger partial charge is 0.375 e. The molecule has 44 heavy (non-hydrogen) atoms. The van der Waals surface area contributed by atoms with Gasteiger partial charge in [0.15, 0.2) is 5.82 Å². The second kappa shape index (κ2) is 11.8. The number of aryl methyl sites for hydroxylation is 1. The molecule has 2 aliphatic heterocycles. The number of alkyl halides is 3. The lowest BCUT2D eigenvalue weighted by Crippen LogP contribution is -2.66. The predicted molar refractivity (Wildman–Crippen MR) is 159 cm³/mol. The van der Waals surface area contributed by atoms with Crippen molar-refractivity contribution in [2.75, 3.05) is 38.2 Å². The zero-order chi connectivity index (χ0) is 32.0. The minimum atomic E-state index is -4.50. The summed E-state index contributed by atoms with van der Waals surface area (Å²) in [4.78, 5) is 45.2. The summed E-state index contributed by atoms with van der Waals surface area (Å²) in [5.41, 5.74) is -0.227. The maximum absolute atomic E-state index is 14.1. The highest BCUT2D eigenvalue weighted by atomic mass is 19.4. The highest BCUT2D eigenvalue weighted by molar-refractivity contribution is 5.88. The van der Waals surface area contributed by atoms with Crippen LogP contribution in [-0.4, -0.2) is 81.2 Å². The van der Waals surface area contributed by atoms with E-state index in [9.17, 15) is 22.8 Å². The summed E-state index contributed by atoms with van der Waals surface area (Å²) in [7, 11) is 3.20. The fraction of sp³-hybridized carbons (Fsp3) is 0.516. The predicted octanol–water partition coefficient (Wildman–Crippen LogP) is 4.57. The number of aromatic nitrogens is 3. The average molecular weight is 612 g/mol. The molecule has 1 unspecified atom stereocenters. The second-order valence-corrected chi connectivity index (χ2v) is 11.8. The third-order valence-electron chi connectivity index (χ3n) is 8.96. The molecule has 234 valence electrons. The Morgan fingerprint density at radius 3 is 2.32 bits per heavy atom. The van der Waals surface area contributed by atoms with E-state index in [4.69, 9.17) is 11.3 Å². The van der Waals surface area contributed by atoms with Crippen molar-refractivity contribution in [2.45, 2.75) is 63.5 Å². The number of ether oxygens (including phenoxy) is 1. The van der Waals surface area contributed by atoms with Crippen molar-refractivity contribution in [1.82, 2.24) is 24.3 Å². The lowest BCUT2D eigenvalue weighted by molar-refractivity contribution is -0.164. The highest BCUT2D eigenvalue weighted by Crippen LogP contribution is 2.38. The Labute approximate surface area is 253 Å². The molecule has 1 aromatic carbocycles. The molecule has 0 N–H and O–H groups in total. The summed E-state index contributed by atoms with van der Waals surface area (Å²) in [6.45, 7) is 14.9. The van der Waals surface area contributed by atoms with Crippen LogP contribution in [0.3, 0.4) is 0 Å². The number of carbonyl (C=O) groups is 1. The fourth-order valence-corrected chi connectivity index (χ4v) is 6.27. The monoisotopic (exact) mass is 611 g/mol. The number of pyridine rings is 1. The van der Waals surface area contributed by atoms with Crippen LogP contribution in [0.15, 0.2) is 41.2 Å². The summed E-state index contributed by atoms with van der Waals surface area (Å²) < 4.78 is 47.2. The largest absolute Gasteiger partial charge is 0.416 e. The van der Waals surface area contributed by atoms with Crippen LogP contribution in [0.1, 0.15) is 50.8 Å². The quantitative estimate of drug-likeness (QED) is 0.362. The summed E-state index contributed by atoms with van der Waals surface area (Å²) in [6.07, 6.45) is -3.24. The van der Waals surface area contributed by atoms with Crippen LogP contribution in [0.4, 0.5) is 24.8 Å². The maximum atomic E-state index is 14.1. The van der Waals surface area contributed by atoms with E-state index >= 15 is 0 Å². The van der Waals surface area contributed by atoms with E-state index < -0.39 is 29.1 Å². The number of fused-ring (bicyclic) bond motifs is 1. The van der Waals surface area contributed by atoms with E-state index in [-0.39, 0.29) is 23.8 Å². The van der Waals surface area contributed by atoms with Gasteiger partial charge in [0.05, 0.1) is 29.8 Å². The van der Waals surface area contributed by atoms with E-state index in [1.54, 1.807) is 31.2 Å². The summed E-state index contributed by atoms with van der Waals surface area (Å²) >= 11 is 0. The van der Waals surface area contributed by atoms with E-state index in [2.05, 4.69) is 19.7 Å². The molecule has 1 amide bonds. The van der Waals surface area contributed by atoms with Crippen LogP contribution in [-0.2, 0) is 22.8 Å². The van der Waals surface area contributed by atoms with Crippen molar-refractivity contribution < 1.29 is 22.7 Å². The van der Waals surface area contributed by atoms with Gasteiger partial charge in [0.1, 0.15) is 6.04 Å². The van der Waals surface area contributed by atoms with E-state index in [1.165, 1.54) is 16.7 Å². The Hall–Kier alpha value is -4.02. The number of piperazine rings is 1. The SMILES string of the molecule is [C-]#[N+]c1ccc2c(n1)c(N1C[C@@H](CC)N(C(C(=O)N3CC(C)(OC)C3)c3ccc(C(F)(F)F)cc3)C[C@@H]1CC)nc(=O)n2C. The fourth-order valence-electron chi connectivity index (χ4n) is 6.27. The number of hydrogen-bond donors (Lipinski definition) is 0. The molecule has 2 fully saturated rings. The standard InChI is InChI=1S/C31H36F3N7O3/c1-7-21-16-41(27-25-23(38(5)29(43)37-27)13-14-24(35-4)36-25)22(8-2)15-40(21)26(28(42)39-17-30(3,18-39)44-6)19-9-11-20(12-10-19)31(32,33)34/h9-14,21-22,26H,7-8,15-18H2,1-3,5-6H3/t21-,22+,26?/m1/s1. The number of amides is 1. The number of benzene rings is 1. The number of carbonyl (C=O) groups excluding carboxylic acids is 1. The first kappa shape index (κ1) is 31.4. The Balaban J connectivity index is 1.56.